The minimum Gasteiger partial charge on any atom is -0.350 e. The largest absolute Gasteiger partial charge is 0.350 e. The van der Waals surface area contributed by atoms with Gasteiger partial charge in [-0.25, -0.2) is 4.98 Å². The van der Waals surface area contributed by atoms with Gasteiger partial charge >= 0.3 is 0 Å². The Labute approximate surface area is 184 Å². The molecule has 0 saturated heterocycles. The van der Waals surface area contributed by atoms with Gasteiger partial charge in [-0.3, -0.25) is 14.3 Å². The second-order valence-corrected chi connectivity index (χ2v) is 8.29. The quantitative estimate of drug-likeness (QED) is 0.488. The number of fused-ring (bicyclic) bond motifs is 1. The van der Waals surface area contributed by atoms with Crippen LogP contribution in [-0.4, -0.2) is 32.6 Å². The van der Waals surface area contributed by atoms with Crippen molar-refractivity contribution in [2.45, 2.75) is 26.4 Å². The van der Waals surface area contributed by atoms with Crippen molar-refractivity contribution in [3.8, 4) is 10.6 Å². The lowest BCUT2D eigenvalue weighted by Crippen LogP contribution is -2.44. The molecule has 2 N–H and O–H groups in total. The molecule has 4 rings (SSSR count). The van der Waals surface area contributed by atoms with Gasteiger partial charge in [-0.05, 0) is 36.9 Å². The molecule has 0 aliphatic rings. The summed E-state index contributed by atoms with van der Waals surface area (Å²) in [6.07, 6.45) is 0. The summed E-state index contributed by atoms with van der Waals surface area (Å²) in [7, 11) is 1.81. The molecule has 158 valence electrons. The molecule has 1 unspecified atom stereocenters. The van der Waals surface area contributed by atoms with E-state index in [1.807, 2.05) is 61.8 Å². The maximum atomic E-state index is 13.2. The number of thiophene rings is 1. The van der Waals surface area contributed by atoms with Gasteiger partial charge in [-0.1, -0.05) is 36.4 Å². The van der Waals surface area contributed by atoms with Crippen molar-refractivity contribution < 1.29 is 9.59 Å². The zero-order valence-electron chi connectivity index (χ0n) is 17.5. The molecule has 0 bridgehead atoms. The molecule has 31 heavy (non-hydrogen) atoms. The van der Waals surface area contributed by atoms with Gasteiger partial charge < -0.3 is 10.6 Å². The van der Waals surface area contributed by atoms with E-state index < -0.39 is 6.04 Å². The number of benzene rings is 1. The number of hydrogen-bond donors (Lipinski definition) is 2. The molecular weight excluding hydrogens is 410 g/mol. The molecule has 8 heteroatoms. The highest BCUT2D eigenvalue weighted by molar-refractivity contribution is 7.13. The number of hydrogen-bond acceptors (Lipinski definition) is 5. The second kappa shape index (κ2) is 8.69. The van der Waals surface area contributed by atoms with Gasteiger partial charge in [0.05, 0.1) is 27.2 Å². The molecule has 3 aromatic heterocycles. The third kappa shape index (κ3) is 4.34. The number of pyridine rings is 1. The molecule has 0 radical (unpaired) electrons. The minimum absolute atomic E-state index is 0.246. The Morgan fingerprint density at radius 1 is 1.16 bits per heavy atom. The van der Waals surface area contributed by atoms with Gasteiger partial charge in [0.2, 0.25) is 5.91 Å². The fourth-order valence-electron chi connectivity index (χ4n) is 3.45. The first kappa shape index (κ1) is 20.7. The van der Waals surface area contributed by atoms with E-state index >= 15 is 0 Å². The summed E-state index contributed by atoms with van der Waals surface area (Å²) in [5.74, 6) is -0.576. The first-order chi connectivity index (χ1) is 14.9. The van der Waals surface area contributed by atoms with Crippen LogP contribution in [0, 0.1) is 6.92 Å². The summed E-state index contributed by atoms with van der Waals surface area (Å²) in [5.41, 5.74) is 3.51. The maximum Gasteiger partial charge on any atom is 0.252 e. The van der Waals surface area contributed by atoms with E-state index in [2.05, 4.69) is 15.7 Å². The topological polar surface area (TPSA) is 88.9 Å². The SMILES string of the molecule is Cc1nn(C)c2nc(-c3cccs3)cc(C(=O)NC(C)C(=O)NCc3ccccc3)c12. The Morgan fingerprint density at radius 2 is 1.94 bits per heavy atom. The first-order valence-electron chi connectivity index (χ1n) is 9.94. The zero-order chi connectivity index (χ0) is 22.0. The van der Waals surface area contributed by atoms with Crippen LogP contribution in [0.4, 0.5) is 0 Å². The fraction of sp³-hybridized carbons (Fsp3) is 0.217. The summed E-state index contributed by atoms with van der Waals surface area (Å²) in [4.78, 5) is 31.4. The van der Waals surface area contributed by atoms with Crippen molar-refractivity contribution in [1.82, 2.24) is 25.4 Å². The predicted molar refractivity (Wildman–Crippen MR) is 122 cm³/mol. The number of aromatic nitrogens is 3. The minimum atomic E-state index is -0.693. The molecule has 7 nitrogen and oxygen atoms in total. The number of carbonyl (C=O) groups excluding carboxylic acids is 2. The number of nitrogens with one attached hydrogen (secondary N) is 2. The Hall–Kier alpha value is -3.52. The van der Waals surface area contributed by atoms with Gasteiger partial charge in [0.25, 0.3) is 5.91 Å². The van der Waals surface area contributed by atoms with Crippen LogP contribution < -0.4 is 10.6 Å². The third-order valence-corrected chi connectivity index (χ3v) is 5.93. The zero-order valence-corrected chi connectivity index (χ0v) is 18.4. The molecular formula is C23H23N5O2S. The van der Waals surface area contributed by atoms with Crippen LogP contribution in [0.5, 0.6) is 0 Å². The van der Waals surface area contributed by atoms with Crippen LogP contribution in [0.15, 0.2) is 53.9 Å². The van der Waals surface area contributed by atoms with Crippen LogP contribution in [0.1, 0.15) is 28.5 Å². The van der Waals surface area contributed by atoms with Crippen molar-refractivity contribution in [1.29, 1.82) is 0 Å². The molecule has 0 spiro atoms. The summed E-state index contributed by atoms with van der Waals surface area (Å²) in [6, 6.07) is 14.6. The van der Waals surface area contributed by atoms with E-state index in [4.69, 9.17) is 4.98 Å². The van der Waals surface area contributed by atoms with Gasteiger partial charge in [0.1, 0.15) is 6.04 Å². The number of amides is 2. The molecule has 0 fully saturated rings. The predicted octanol–water partition coefficient (Wildman–Crippen LogP) is 3.44. The van der Waals surface area contributed by atoms with Gasteiger partial charge in [0.15, 0.2) is 5.65 Å². The summed E-state index contributed by atoms with van der Waals surface area (Å²) in [5, 5.41) is 12.8. The van der Waals surface area contributed by atoms with Gasteiger partial charge in [-0.15, -0.1) is 11.3 Å². The Morgan fingerprint density at radius 3 is 2.65 bits per heavy atom. The highest BCUT2D eigenvalue weighted by atomic mass is 32.1. The monoisotopic (exact) mass is 433 g/mol. The van der Waals surface area contributed by atoms with Crippen molar-refractivity contribution in [2.75, 3.05) is 0 Å². The average Bonchev–Trinajstić information content (AvgIpc) is 3.40. The molecule has 0 aliphatic carbocycles. The first-order valence-corrected chi connectivity index (χ1v) is 10.8. The molecule has 3 heterocycles. The third-order valence-electron chi connectivity index (χ3n) is 5.04. The molecule has 1 aromatic carbocycles. The van der Waals surface area contributed by atoms with Crippen LogP contribution >= 0.6 is 11.3 Å². The Bertz CT molecular complexity index is 1230. The second-order valence-electron chi connectivity index (χ2n) is 7.34. The van der Waals surface area contributed by atoms with Crippen LogP contribution in [0.3, 0.4) is 0 Å². The molecule has 4 aromatic rings. The maximum absolute atomic E-state index is 13.2. The van der Waals surface area contributed by atoms with Crippen LogP contribution in [0.2, 0.25) is 0 Å². The highest BCUT2D eigenvalue weighted by Crippen LogP contribution is 2.29. The van der Waals surface area contributed by atoms with E-state index in [1.165, 1.54) is 0 Å². The highest BCUT2D eigenvalue weighted by Gasteiger charge is 2.22. The van der Waals surface area contributed by atoms with Gasteiger partial charge in [-0.2, -0.15) is 5.10 Å². The smallest absolute Gasteiger partial charge is 0.252 e. The number of rotatable bonds is 6. The van der Waals surface area contributed by atoms with Crippen LogP contribution in [-0.2, 0) is 18.4 Å². The van der Waals surface area contributed by atoms with E-state index in [-0.39, 0.29) is 11.8 Å². The molecule has 2 amide bonds. The van der Waals surface area contributed by atoms with Crippen molar-refractivity contribution in [3.63, 3.8) is 0 Å². The summed E-state index contributed by atoms with van der Waals surface area (Å²) < 4.78 is 1.68. The average molecular weight is 434 g/mol. The number of aryl methyl sites for hydroxylation is 2. The fourth-order valence-corrected chi connectivity index (χ4v) is 4.14. The lowest BCUT2D eigenvalue weighted by molar-refractivity contribution is -0.122. The Kier molecular flexibility index (Phi) is 5.81. The Balaban J connectivity index is 1.57. The van der Waals surface area contributed by atoms with Crippen LogP contribution in [0.25, 0.3) is 21.6 Å². The van der Waals surface area contributed by atoms with E-state index in [0.717, 1.165) is 10.4 Å². The van der Waals surface area contributed by atoms with Crippen molar-refractivity contribution in [3.05, 3.63) is 70.7 Å². The number of carbonyl (C=O) groups is 2. The van der Waals surface area contributed by atoms with Gasteiger partial charge in [0, 0.05) is 13.6 Å². The van der Waals surface area contributed by atoms with E-state index in [1.54, 1.807) is 29.0 Å². The molecule has 0 aliphatic heterocycles. The number of nitrogens with zero attached hydrogens (tertiary/aromatic N) is 3. The normalized spacial score (nSPS) is 12.0. The van der Waals surface area contributed by atoms with Crippen molar-refractivity contribution >= 4 is 34.2 Å². The van der Waals surface area contributed by atoms with Crippen molar-refractivity contribution in [2.24, 2.45) is 7.05 Å². The van der Waals surface area contributed by atoms with E-state index in [9.17, 15) is 9.59 Å². The molecule has 0 saturated carbocycles. The molecule has 1 atom stereocenters. The van der Waals surface area contributed by atoms with E-state index in [0.29, 0.717) is 34.5 Å². The lowest BCUT2D eigenvalue weighted by Gasteiger charge is -2.15. The lowest BCUT2D eigenvalue weighted by atomic mass is 10.1. The summed E-state index contributed by atoms with van der Waals surface area (Å²) >= 11 is 1.55. The summed E-state index contributed by atoms with van der Waals surface area (Å²) in [6.45, 7) is 3.93. The standard InChI is InChI=1S/C23H23N5O2S/c1-14-20-17(12-18(19-10-7-11-31-19)26-21(20)28(3)27-14)23(30)25-15(2)22(29)24-13-16-8-5-4-6-9-16/h4-12,15H,13H2,1-3H3,(H,24,29)(H,25,30).